The molecule has 0 saturated heterocycles. The van der Waals surface area contributed by atoms with Crippen molar-refractivity contribution in [1.82, 2.24) is 0 Å². The summed E-state index contributed by atoms with van der Waals surface area (Å²) >= 11 is 0. The van der Waals surface area contributed by atoms with Gasteiger partial charge in [-0.2, -0.15) is 0 Å². The molecule has 0 N–H and O–H groups in total. The Hall–Kier alpha value is -0.260. The molecule has 0 amide bonds. The van der Waals surface area contributed by atoms with Gasteiger partial charge in [-0.25, -0.2) is 0 Å². The number of rotatable bonds is 0. The van der Waals surface area contributed by atoms with E-state index < -0.39 is 0 Å². The van der Waals surface area contributed by atoms with Gasteiger partial charge in [-0.15, -0.1) is 0 Å². The van der Waals surface area contributed by atoms with Crippen LogP contribution in [0.25, 0.3) is 0 Å². The molecule has 0 aromatic carbocycles. The third-order valence-electron chi connectivity index (χ3n) is 5.49. The fourth-order valence-electron chi connectivity index (χ4n) is 5.25. The van der Waals surface area contributed by atoms with Gasteiger partial charge in [0.25, 0.3) is 0 Å². The Balaban J connectivity index is 1.93. The van der Waals surface area contributed by atoms with Crippen LogP contribution in [0.5, 0.6) is 0 Å². The highest BCUT2D eigenvalue weighted by Gasteiger charge is 2.84. The Labute approximate surface area is 74.0 Å². The summed E-state index contributed by atoms with van der Waals surface area (Å²) in [6, 6.07) is 0. The van der Waals surface area contributed by atoms with Crippen LogP contribution in [0, 0.1) is 16.7 Å². The molecule has 3 atom stereocenters. The predicted molar refractivity (Wildman–Crippen MR) is 48.8 cm³/mol. The lowest BCUT2D eigenvalue weighted by molar-refractivity contribution is 0.0951. The van der Waals surface area contributed by atoms with Gasteiger partial charge >= 0.3 is 0 Å². The minimum atomic E-state index is 0.832. The second kappa shape index (κ2) is 1.42. The summed E-state index contributed by atoms with van der Waals surface area (Å²) in [6.07, 6.45) is 9.19. The Morgan fingerprint density at radius 2 is 2.25 bits per heavy atom. The maximum Gasteiger partial charge on any atom is 0.00430 e. The molecule has 0 heteroatoms. The van der Waals surface area contributed by atoms with Crippen molar-refractivity contribution < 1.29 is 0 Å². The summed E-state index contributed by atoms with van der Waals surface area (Å²) in [6.45, 7) is 2.40. The van der Waals surface area contributed by atoms with E-state index in [4.69, 9.17) is 0 Å². The van der Waals surface area contributed by atoms with Gasteiger partial charge in [0.05, 0.1) is 0 Å². The molecule has 0 aromatic rings. The fraction of sp³-hybridized carbons (Fsp3) is 0.833. The number of allylic oxidation sites excluding steroid dienone is 2. The molecule has 64 valence electrons. The third kappa shape index (κ3) is 0.341. The van der Waals surface area contributed by atoms with E-state index in [1.54, 1.807) is 24.8 Å². The van der Waals surface area contributed by atoms with Gasteiger partial charge < -0.3 is 0 Å². The molecule has 4 aliphatic carbocycles. The van der Waals surface area contributed by atoms with Crippen molar-refractivity contribution in [3.05, 3.63) is 11.1 Å². The summed E-state index contributed by atoms with van der Waals surface area (Å²) in [5.74, 6) is 1.14. The molecule has 0 bridgehead atoms. The highest BCUT2D eigenvalue weighted by molar-refractivity contribution is 5.59. The van der Waals surface area contributed by atoms with E-state index in [1.807, 2.05) is 5.57 Å². The van der Waals surface area contributed by atoms with E-state index in [2.05, 4.69) is 6.92 Å². The highest BCUT2D eigenvalue weighted by atomic mass is 14.9. The van der Waals surface area contributed by atoms with Crippen LogP contribution in [0.15, 0.2) is 11.1 Å². The van der Waals surface area contributed by atoms with Gasteiger partial charge in [-0.05, 0) is 44.9 Å². The lowest BCUT2D eigenvalue weighted by atomic mass is 9.65. The summed E-state index contributed by atoms with van der Waals surface area (Å²) in [7, 11) is 0. The van der Waals surface area contributed by atoms with Crippen molar-refractivity contribution in [3.63, 3.8) is 0 Å². The fourth-order valence-corrected chi connectivity index (χ4v) is 5.25. The normalized spacial score (nSPS) is 59.2. The maximum absolute atomic E-state index is 2.40. The van der Waals surface area contributed by atoms with Crippen molar-refractivity contribution in [2.75, 3.05) is 0 Å². The maximum atomic E-state index is 2.40. The van der Waals surface area contributed by atoms with Crippen LogP contribution in [0.1, 0.15) is 45.4 Å². The molecule has 0 aromatic heterocycles. The first-order valence-electron chi connectivity index (χ1n) is 5.52. The van der Waals surface area contributed by atoms with Gasteiger partial charge in [0.2, 0.25) is 0 Å². The Kier molecular flexibility index (Phi) is 0.740. The zero-order chi connectivity index (χ0) is 7.97. The molecule has 3 fully saturated rings. The molecule has 0 nitrogen and oxygen atoms in total. The van der Waals surface area contributed by atoms with Gasteiger partial charge in [0.1, 0.15) is 0 Å². The molecule has 3 saturated carbocycles. The molecule has 12 heavy (non-hydrogen) atoms. The van der Waals surface area contributed by atoms with Gasteiger partial charge in [0.15, 0.2) is 0 Å². The second-order valence-corrected chi connectivity index (χ2v) is 5.50. The summed E-state index contributed by atoms with van der Waals surface area (Å²) < 4.78 is 0. The predicted octanol–water partition coefficient (Wildman–Crippen LogP) is 3.29. The van der Waals surface area contributed by atoms with Crippen LogP contribution in [0.2, 0.25) is 0 Å². The standard InChI is InChI=1S/C12H16/c1-8-4-6-11-7-9-3-2-5-12(9,11)10(8)11/h9H,2-7H2,1H3/t9?,11-,12?/m1/s1. The summed E-state index contributed by atoms with van der Waals surface area (Å²) in [5.41, 5.74) is 5.44. The summed E-state index contributed by atoms with van der Waals surface area (Å²) in [5, 5.41) is 0. The Bertz CT molecular complexity index is 312. The highest BCUT2D eigenvalue weighted by Crippen LogP contribution is 2.92. The largest absolute Gasteiger partial charge is 0.0729 e. The average Bonchev–Trinajstić information content (AvgIpc) is 2.29. The van der Waals surface area contributed by atoms with Gasteiger partial charge in [-0.3, -0.25) is 0 Å². The molecule has 2 unspecified atom stereocenters. The lowest BCUT2D eigenvalue weighted by Crippen LogP contribution is -2.32. The average molecular weight is 160 g/mol. The monoisotopic (exact) mass is 160 g/mol. The zero-order valence-electron chi connectivity index (χ0n) is 7.82. The van der Waals surface area contributed by atoms with Crippen molar-refractivity contribution in [1.29, 1.82) is 0 Å². The van der Waals surface area contributed by atoms with E-state index in [-0.39, 0.29) is 0 Å². The number of hydrogen-bond acceptors (Lipinski definition) is 0. The molecular formula is C12H16. The van der Waals surface area contributed by atoms with Crippen molar-refractivity contribution in [3.8, 4) is 0 Å². The summed E-state index contributed by atoms with van der Waals surface area (Å²) in [4.78, 5) is 0. The molecule has 2 spiro atoms. The van der Waals surface area contributed by atoms with E-state index >= 15 is 0 Å². The SMILES string of the molecule is CC1=C2C34CCCC3C[C@]24CC1. The minimum absolute atomic E-state index is 0.832. The third-order valence-corrected chi connectivity index (χ3v) is 5.49. The molecule has 0 heterocycles. The zero-order valence-corrected chi connectivity index (χ0v) is 7.82. The topological polar surface area (TPSA) is 0 Å². The van der Waals surface area contributed by atoms with Crippen LogP contribution in [0.3, 0.4) is 0 Å². The molecule has 0 aliphatic heterocycles. The van der Waals surface area contributed by atoms with E-state index in [0.717, 1.165) is 16.7 Å². The Morgan fingerprint density at radius 3 is 3.00 bits per heavy atom. The molecule has 4 rings (SSSR count). The van der Waals surface area contributed by atoms with E-state index in [0.29, 0.717) is 0 Å². The smallest absolute Gasteiger partial charge is 0.00430 e. The van der Waals surface area contributed by atoms with Crippen molar-refractivity contribution in [2.24, 2.45) is 16.7 Å². The van der Waals surface area contributed by atoms with Crippen LogP contribution in [-0.2, 0) is 0 Å². The van der Waals surface area contributed by atoms with Crippen molar-refractivity contribution in [2.45, 2.75) is 45.4 Å². The molecule has 0 radical (unpaired) electrons. The lowest BCUT2D eigenvalue weighted by Gasteiger charge is -2.38. The van der Waals surface area contributed by atoms with Crippen LogP contribution < -0.4 is 0 Å². The van der Waals surface area contributed by atoms with Crippen LogP contribution in [-0.4, -0.2) is 0 Å². The second-order valence-electron chi connectivity index (χ2n) is 5.50. The quantitative estimate of drug-likeness (QED) is 0.477. The van der Waals surface area contributed by atoms with Crippen LogP contribution >= 0.6 is 0 Å². The first-order valence-corrected chi connectivity index (χ1v) is 5.52. The Morgan fingerprint density at radius 1 is 1.33 bits per heavy atom. The molecular weight excluding hydrogens is 144 g/mol. The van der Waals surface area contributed by atoms with Crippen molar-refractivity contribution >= 4 is 0 Å². The van der Waals surface area contributed by atoms with E-state index in [1.165, 1.54) is 19.3 Å². The molecule has 4 aliphatic rings. The van der Waals surface area contributed by atoms with E-state index in [9.17, 15) is 0 Å². The minimum Gasteiger partial charge on any atom is -0.0729 e. The first kappa shape index (κ1) is 6.23. The van der Waals surface area contributed by atoms with Crippen LogP contribution in [0.4, 0.5) is 0 Å². The van der Waals surface area contributed by atoms with Gasteiger partial charge in [-0.1, -0.05) is 17.6 Å². The van der Waals surface area contributed by atoms with Gasteiger partial charge in [0, 0.05) is 10.8 Å². The first-order chi connectivity index (χ1) is 5.81. The number of hydrogen-bond donors (Lipinski definition) is 0.